The molecule has 0 radical (unpaired) electrons. The first-order valence-corrected chi connectivity index (χ1v) is 22.5. The number of aliphatic hydroxyl groups is 1. The molecular weight excluding hydrogens is 905 g/mol. The number of ether oxygens (including phenoxy) is 2. The highest BCUT2D eigenvalue weighted by atomic mass is 19.1. The van der Waals surface area contributed by atoms with E-state index in [2.05, 4.69) is 41.5 Å². The lowest BCUT2D eigenvalue weighted by Crippen LogP contribution is -2.49. The molecule has 15 nitrogen and oxygen atoms in total. The van der Waals surface area contributed by atoms with Crippen molar-refractivity contribution in [2.45, 2.75) is 57.3 Å². The SMILES string of the molecule is CN(C)Cc1c(F)cc(-c2cnc(NCc3c(F)ccc4c3CC(C3Cc5c(ccc(F)c5CNc5ncc(-c6ccc(CN7CC(O)C7)cc6)c6nc(C#N)cn56)O3)O4)n3cc(C#N)nc23)cc1F. The van der Waals surface area contributed by atoms with E-state index in [-0.39, 0.29) is 71.8 Å². The van der Waals surface area contributed by atoms with E-state index < -0.39 is 35.5 Å². The third-order valence-corrected chi connectivity index (χ3v) is 13.0. The lowest BCUT2D eigenvalue weighted by atomic mass is 9.96. The zero-order valence-corrected chi connectivity index (χ0v) is 37.7. The number of halogens is 4. The molecule has 4 aromatic heterocycles. The van der Waals surface area contributed by atoms with Crippen molar-refractivity contribution in [2.75, 3.05) is 37.8 Å². The minimum absolute atomic E-state index is 0.0329. The summed E-state index contributed by atoms with van der Waals surface area (Å²) in [6.07, 6.45) is 5.32. The van der Waals surface area contributed by atoms with Crippen molar-refractivity contribution in [3.63, 3.8) is 0 Å². The number of aromatic nitrogens is 6. The third-order valence-electron chi connectivity index (χ3n) is 13.0. The monoisotopic (exact) mass is 946 g/mol. The van der Waals surface area contributed by atoms with Gasteiger partial charge < -0.3 is 30.1 Å². The van der Waals surface area contributed by atoms with Gasteiger partial charge in [0.05, 0.1) is 18.5 Å². The quantitative estimate of drug-likeness (QED) is 0.0993. The number of nitrogens with zero attached hydrogens (tertiary/aromatic N) is 10. The van der Waals surface area contributed by atoms with Crippen LogP contribution in [0.25, 0.3) is 33.5 Å². The van der Waals surface area contributed by atoms with E-state index in [9.17, 15) is 15.6 Å². The number of hydrogen-bond donors (Lipinski definition) is 3. The highest BCUT2D eigenvalue weighted by Crippen LogP contribution is 2.41. The van der Waals surface area contributed by atoms with Gasteiger partial charge in [-0.15, -0.1) is 0 Å². The van der Waals surface area contributed by atoms with Gasteiger partial charge in [0, 0.05) is 103 Å². The van der Waals surface area contributed by atoms with Crippen LogP contribution in [0, 0.1) is 45.9 Å². The van der Waals surface area contributed by atoms with Crippen LogP contribution < -0.4 is 20.1 Å². The van der Waals surface area contributed by atoms with Crippen LogP contribution >= 0.6 is 0 Å². The lowest BCUT2D eigenvalue weighted by Gasteiger charge is -2.35. The average Bonchev–Trinajstić information content (AvgIpc) is 4.17. The Balaban J connectivity index is 0.793. The van der Waals surface area contributed by atoms with Crippen LogP contribution in [0.3, 0.4) is 0 Å². The number of benzene rings is 4. The average molecular weight is 947 g/mol. The summed E-state index contributed by atoms with van der Waals surface area (Å²) < 4.78 is 77.9. The molecule has 4 aromatic carbocycles. The summed E-state index contributed by atoms with van der Waals surface area (Å²) in [4.78, 5) is 22.0. The highest BCUT2D eigenvalue weighted by molar-refractivity contribution is 5.80. The molecule has 2 unspecified atom stereocenters. The van der Waals surface area contributed by atoms with Crippen LogP contribution in [0.4, 0.5) is 29.5 Å². The molecule has 0 saturated carbocycles. The summed E-state index contributed by atoms with van der Waals surface area (Å²) in [5.41, 5.74) is 5.96. The Morgan fingerprint density at radius 2 is 1.19 bits per heavy atom. The number of likely N-dealkylation sites (tertiary alicyclic amines) is 1. The summed E-state index contributed by atoms with van der Waals surface area (Å²) >= 11 is 0. The van der Waals surface area contributed by atoms with E-state index in [4.69, 9.17) is 9.47 Å². The number of β-amino-alcohol motifs (C(OH)–C–C–N with tert-alkyl or cyclic N) is 1. The first-order chi connectivity index (χ1) is 33.9. The molecule has 0 aliphatic carbocycles. The van der Waals surface area contributed by atoms with E-state index in [1.807, 2.05) is 30.3 Å². The number of nitriles is 2. The molecule has 19 heteroatoms. The summed E-state index contributed by atoms with van der Waals surface area (Å²) in [5.74, 6) is -0.868. The van der Waals surface area contributed by atoms with Crippen LogP contribution in [0.15, 0.2) is 85.5 Å². The molecule has 2 atom stereocenters. The zero-order chi connectivity index (χ0) is 48.4. The van der Waals surface area contributed by atoms with Crippen molar-refractivity contribution in [3.05, 3.63) is 153 Å². The number of imidazole rings is 2. The van der Waals surface area contributed by atoms with Gasteiger partial charge in [-0.05, 0) is 67.2 Å². The standard InChI is InChI=1S/C51H42F4N12O3/c1-64(2)26-39-42(54)11-29(12-43(39)55)36-18-59-51(67-23-31(16-57)63-49(36)67)61-20-38-34-14-47(70-45(34)10-8-41(38)53)46-13-33-37(40(52)7-9-44(33)69-46)19-60-50-58-17-35(48-62-30(15-56)22-66(48)50)28-5-3-27(4-6-28)21-65-24-32(68)25-65/h3-12,17-18,22-23,32,46-47,68H,13-14,19-21,24-26H2,1-2H3,(H,58,60)(H,59,61). The summed E-state index contributed by atoms with van der Waals surface area (Å²) in [7, 11) is 3.42. The Hall–Kier alpha value is -8.10. The molecule has 11 rings (SSSR count). The van der Waals surface area contributed by atoms with E-state index in [0.29, 0.717) is 70.4 Å². The molecule has 7 heterocycles. The van der Waals surface area contributed by atoms with Crippen molar-refractivity contribution in [1.82, 2.24) is 38.5 Å². The third kappa shape index (κ3) is 8.13. The Kier molecular flexibility index (Phi) is 11.3. The maximum atomic E-state index is 15.8. The molecular formula is C51H42F4N12O3. The molecule has 0 bridgehead atoms. The maximum Gasteiger partial charge on any atom is 0.208 e. The van der Waals surface area contributed by atoms with Gasteiger partial charge in [0.1, 0.15) is 59.1 Å². The van der Waals surface area contributed by atoms with Crippen LogP contribution in [-0.2, 0) is 39.0 Å². The smallest absolute Gasteiger partial charge is 0.208 e. The van der Waals surface area contributed by atoms with Gasteiger partial charge in [-0.3, -0.25) is 13.7 Å². The van der Waals surface area contributed by atoms with Gasteiger partial charge in [-0.2, -0.15) is 10.5 Å². The second-order valence-corrected chi connectivity index (χ2v) is 18.0. The Labute approximate surface area is 397 Å². The van der Waals surface area contributed by atoms with E-state index in [1.54, 1.807) is 47.9 Å². The van der Waals surface area contributed by atoms with Crippen molar-refractivity contribution < 1.29 is 32.1 Å². The topological polar surface area (TPSA) is 177 Å². The van der Waals surface area contributed by atoms with Crippen LogP contribution in [0.2, 0.25) is 0 Å². The van der Waals surface area contributed by atoms with Gasteiger partial charge in [-0.1, -0.05) is 24.3 Å². The van der Waals surface area contributed by atoms with Gasteiger partial charge in [0.15, 0.2) is 22.7 Å². The largest absolute Gasteiger partial charge is 0.486 e. The van der Waals surface area contributed by atoms with Gasteiger partial charge >= 0.3 is 0 Å². The molecule has 1 fully saturated rings. The number of fused-ring (bicyclic) bond motifs is 4. The number of hydrogen-bond acceptors (Lipinski definition) is 13. The summed E-state index contributed by atoms with van der Waals surface area (Å²) in [6.45, 7) is 2.07. The molecule has 8 aromatic rings. The number of rotatable bonds is 13. The number of nitrogens with one attached hydrogen (secondary N) is 2. The molecule has 0 spiro atoms. The first-order valence-electron chi connectivity index (χ1n) is 22.5. The fourth-order valence-electron chi connectivity index (χ4n) is 9.57. The van der Waals surface area contributed by atoms with E-state index in [0.717, 1.165) is 17.7 Å². The normalized spacial score (nSPS) is 16.4. The second-order valence-electron chi connectivity index (χ2n) is 18.0. The molecule has 1 saturated heterocycles. The van der Waals surface area contributed by atoms with Crippen LogP contribution in [0.5, 0.6) is 11.5 Å². The number of anilines is 2. The van der Waals surface area contributed by atoms with Crippen molar-refractivity contribution in [1.29, 1.82) is 10.5 Å². The lowest BCUT2D eigenvalue weighted by molar-refractivity contribution is -0.00286. The molecule has 352 valence electrons. The molecule has 3 aliphatic heterocycles. The predicted octanol–water partition coefficient (Wildman–Crippen LogP) is 7.18. The molecule has 3 aliphatic rings. The van der Waals surface area contributed by atoms with Crippen molar-refractivity contribution >= 4 is 23.2 Å². The fourth-order valence-corrected chi connectivity index (χ4v) is 9.57. The Morgan fingerprint density at radius 1 is 0.686 bits per heavy atom. The van der Waals surface area contributed by atoms with E-state index >= 15 is 17.6 Å². The minimum atomic E-state index is -0.732. The first kappa shape index (κ1) is 44.4. The predicted molar refractivity (Wildman–Crippen MR) is 249 cm³/mol. The van der Waals surface area contributed by atoms with Gasteiger partial charge in [0.2, 0.25) is 11.9 Å². The summed E-state index contributed by atoms with van der Waals surface area (Å²) in [6, 6.07) is 20.3. The zero-order valence-electron chi connectivity index (χ0n) is 37.7. The molecule has 70 heavy (non-hydrogen) atoms. The molecule has 3 N–H and O–H groups in total. The highest BCUT2D eigenvalue weighted by Gasteiger charge is 2.39. The minimum Gasteiger partial charge on any atom is -0.486 e. The van der Waals surface area contributed by atoms with Crippen LogP contribution in [-0.4, -0.2) is 89.1 Å². The Morgan fingerprint density at radius 3 is 1.66 bits per heavy atom. The fraction of sp³-hybridized carbons (Fsp3) is 0.255. The Bertz CT molecular complexity index is 3440. The van der Waals surface area contributed by atoms with Gasteiger partial charge in [0.25, 0.3) is 0 Å². The van der Waals surface area contributed by atoms with Gasteiger partial charge in [-0.25, -0.2) is 37.5 Å². The van der Waals surface area contributed by atoms with Crippen molar-refractivity contribution in [3.8, 4) is 45.9 Å². The number of aliphatic hydroxyl groups excluding tert-OH is 1. The van der Waals surface area contributed by atoms with Crippen molar-refractivity contribution in [2.24, 2.45) is 0 Å². The maximum absolute atomic E-state index is 15.8. The van der Waals surface area contributed by atoms with E-state index in [1.165, 1.54) is 41.1 Å². The summed E-state index contributed by atoms with van der Waals surface area (Å²) in [5, 5.41) is 35.6. The molecule has 0 amide bonds. The second kappa shape index (κ2) is 17.8. The van der Waals surface area contributed by atoms with Crippen LogP contribution in [0.1, 0.15) is 44.8 Å².